The Morgan fingerprint density at radius 3 is 2.88 bits per heavy atom. The summed E-state index contributed by atoms with van der Waals surface area (Å²) in [5.74, 6) is -0.239. The Hall–Kier alpha value is -0.480. The molecule has 4 heteroatoms. The molecule has 94 valence electrons. The van der Waals surface area contributed by atoms with E-state index in [0.29, 0.717) is 18.0 Å². The van der Waals surface area contributed by atoms with Crippen LogP contribution in [0.3, 0.4) is 0 Å². The van der Waals surface area contributed by atoms with Gasteiger partial charge in [-0.3, -0.25) is 4.90 Å². The van der Waals surface area contributed by atoms with Crippen molar-refractivity contribution in [3.8, 4) is 0 Å². The Morgan fingerprint density at radius 2 is 2.18 bits per heavy atom. The maximum Gasteiger partial charge on any atom is 0.130 e. The fourth-order valence-electron chi connectivity index (χ4n) is 2.34. The molecule has 0 radical (unpaired) electrons. The first kappa shape index (κ1) is 13.0. The molecule has 1 aliphatic heterocycles. The van der Waals surface area contributed by atoms with Gasteiger partial charge in [-0.15, -0.1) is 0 Å². The van der Waals surface area contributed by atoms with Crippen molar-refractivity contribution < 1.29 is 8.78 Å². The lowest BCUT2D eigenvalue weighted by atomic mass is 10.1. The first-order valence-corrected chi connectivity index (χ1v) is 7.03. The summed E-state index contributed by atoms with van der Waals surface area (Å²) in [6.45, 7) is 2.61. The number of nitrogens with zero attached hydrogens (tertiary/aromatic N) is 1. The zero-order chi connectivity index (χ0) is 12.3. The molecule has 1 aromatic carbocycles. The Labute approximate surface area is 109 Å². The molecule has 1 aromatic rings. The number of likely N-dealkylation sites (tertiary alicyclic amines) is 1. The van der Waals surface area contributed by atoms with Crippen LogP contribution in [0.25, 0.3) is 0 Å². The predicted octanol–water partition coefficient (Wildman–Crippen LogP) is 3.57. The van der Waals surface area contributed by atoms with Crippen molar-refractivity contribution in [3.05, 3.63) is 35.4 Å². The summed E-state index contributed by atoms with van der Waals surface area (Å²) in [4.78, 5) is 2.24. The van der Waals surface area contributed by atoms with E-state index in [0.717, 1.165) is 24.5 Å². The highest BCUT2D eigenvalue weighted by Crippen LogP contribution is 2.23. The number of hydrogen-bond donors (Lipinski definition) is 0. The molecule has 0 N–H and O–H groups in total. The van der Waals surface area contributed by atoms with Crippen LogP contribution in [0.4, 0.5) is 8.78 Å². The lowest BCUT2D eigenvalue weighted by molar-refractivity contribution is 0.310. The lowest BCUT2D eigenvalue weighted by Crippen LogP contribution is -2.21. The highest BCUT2D eigenvalue weighted by molar-refractivity contribution is 9.09. The number of alkyl halides is 1. The Balaban J connectivity index is 1.93. The van der Waals surface area contributed by atoms with E-state index < -0.39 is 11.6 Å². The predicted molar refractivity (Wildman–Crippen MR) is 68.2 cm³/mol. The Bertz CT molecular complexity index is 384. The third-order valence-corrected chi connectivity index (χ3v) is 3.75. The van der Waals surface area contributed by atoms with Gasteiger partial charge in [0.15, 0.2) is 0 Å². The summed E-state index contributed by atoms with van der Waals surface area (Å²) in [6, 6.07) is 3.83. The lowest BCUT2D eigenvalue weighted by Gasteiger charge is -2.16. The van der Waals surface area contributed by atoms with Crippen molar-refractivity contribution in [1.82, 2.24) is 4.90 Å². The van der Waals surface area contributed by atoms with Gasteiger partial charge in [-0.2, -0.15) is 0 Å². The molecule has 1 atom stereocenters. The molecule has 1 aliphatic rings. The molecule has 0 amide bonds. The molecular weight excluding hydrogens is 288 g/mol. The Kier molecular flexibility index (Phi) is 4.51. The van der Waals surface area contributed by atoms with Crippen molar-refractivity contribution >= 4 is 15.9 Å². The second kappa shape index (κ2) is 5.91. The molecule has 0 saturated carbocycles. The van der Waals surface area contributed by atoms with Crippen LogP contribution in [-0.2, 0) is 6.54 Å². The van der Waals surface area contributed by atoms with E-state index in [9.17, 15) is 8.78 Å². The molecule has 0 aromatic heterocycles. The molecule has 0 spiro atoms. The van der Waals surface area contributed by atoms with Crippen molar-refractivity contribution in [2.45, 2.75) is 19.4 Å². The summed E-state index contributed by atoms with van der Waals surface area (Å²) >= 11 is 3.45. The van der Waals surface area contributed by atoms with Gasteiger partial charge < -0.3 is 0 Å². The van der Waals surface area contributed by atoms with Gasteiger partial charge >= 0.3 is 0 Å². The minimum Gasteiger partial charge on any atom is -0.299 e. The van der Waals surface area contributed by atoms with E-state index in [-0.39, 0.29) is 0 Å². The molecule has 17 heavy (non-hydrogen) atoms. The number of halogens is 3. The van der Waals surface area contributed by atoms with Crippen LogP contribution >= 0.6 is 15.9 Å². The van der Waals surface area contributed by atoms with Crippen LogP contribution < -0.4 is 0 Å². The molecule has 1 heterocycles. The minimum absolute atomic E-state index is 0.436. The summed E-state index contributed by atoms with van der Waals surface area (Å²) in [5, 5.41) is 1.02. The van der Waals surface area contributed by atoms with Crippen molar-refractivity contribution in [2.75, 3.05) is 18.4 Å². The van der Waals surface area contributed by atoms with Gasteiger partial charge in [-0.1, -0.05) is 22.0 Å². The standard InChI is InChI=1S/C13H16BrF2N/c14-5-3-10-4-6-17(8-10)9-11-1-2-12(15)7-13(11)16/h1-2,7,10H,3-6,8-9H2. The third kappa shape index (κ3) is 3.49. The van der Waals surface area contributed by atoms with Gasteiger partial charge in [0, 0.05) is 30.0 Å². The smallest absolute Gasteiger partial charge is 0.130 e. The average Bonchev–Trinajstić information content (AvgIpc) is 2.71. The fourth-order valence-corrected chi connectivity index (χ4v) is 2.98. The topological polar surface area (TPSA) is 3.24 Å². The van der Waals surface area contributed by atoms with E-state index in [1.54, 1.807) is 6.07 Å². The second-order valence-corrected chi connectivity index (χ2v) is 5.40. The van der Waals surface area contributed by atoms with E-state index in [4.69, 9.17) is 0 Å². The quantitative estimate of drug-likeness (QED) is 0.769. The summed E-state index contributed by atoms with van der Waals surface area (Å²) < 4.78 is 26.2. The van der Waals surface area contributed by atoms with Crippen molar-refractivity contribution in [2.24, 2.45) is 5.92 Å². The first-order valence-electron chi connectivity index (χ1n) is 5.91. The van der Waals surface area contributed by atoms with Gasteiger partial charge in [0.05, 0.1) is 0 Å². The molecule has 0 bridgehead atoms. The normalized spacial score (nSPS) is 21.0. The van der Waals surface area contributed by atoms with Gasteiger partial charge in [0.25, 0.3) is 0 Å². The molecule has 2 rings (SSSR count). The van der Waals surface area contributed by atoms with E-state index in [1.807, 2.05) is 0 Å². The van der Waals surface area contributed by atoms with Crippen LogP contribution in [0.5, 0.6) is 0 Å². The Morgan fingerprint density at radius 1 is 1.35 bits per heavy atom. The number of hydrogen-bond acceptors (Lipinski definition) is 1. The van der Waals surface area contributed by atoms with E-state index in [1.165, 1.54) is 18.9 Å². The average molecular weight is 304 g/mol. The fraction of sp³-hybridized carbons (Fsp3) is 0.538. The van der Waals surface area contributed by atoms with Gasteiger partial charge in [-0.25, -0.2) is 8.78 Å². The second-order valence-electron chi connectivity index (χ2n) is 4.60. The zero-order valence-electron chi connectivity index (χ0n) is 9.63. The van der Waals surface area contributed by atoms with Crippen LogP contribution in [0.1, 0.15) is 18.4 Å². The number of rotatable bonds is 4. The summed E-state index contributed by atoms with van der Waals surface area (Å²) in [6.07, 6.45) is 2.34. The molecule has 0 aliphatic carbocycles. The van der Waals surface area contributed by atoms with Gasteiger partial charge in [0.1, 0.15) is 11.6 Å². The highest BCUT2D eigenvalue weighted by Gasteiger charge is 2.22. The van der Waals surface area contributed by atoms with Gasteiger partial charge in [-0.05, 0) is 31.4 Å². The number of benzene rings is 1. The first-order chi connectivity index (χ1) is 8.19. The van der Waals surface area contributed by atoms with Crippen LogP contribution in [0.2, 0.25) is 0 Å². The van der Waals surface area contributed by atoms with Crippen LogP contribution in [0, 0.1) is 17.6 Å². The maximum atomic E-state index is 13.5. The molecule has 1 nitrogen and oxygen atoms in total. The largest absolute Gasteiger partial charge is 0.299 e. The molecular formula is C13H16BrF2N. The summed E-state index contributed by atoms with van der Waals surface area (Å²) in [5.41, 5.74) is 0.589. The van der Waals surface area contributed by atoms with E-state index >= 15 is 0 Å². The van der Waals surface area contributed by atoms with Crippen LogP contribution in [-0.4, -0.2) is 23.3 Å². The minimum atomic E-state index is -0.509. The highest BCUT2D eigenvalue weighted by atomic mass is 79.9. The SMILES string of the molecule is Fc1ccc(CN2CCC(CCBr)C2)c(F)c1. The zero-order valence-corrected chi connectivity index (χ0v) is 11.2. The molecule has 1 saturated heterocycles. The van der Waals surface area contributed by atoms with Crippen LogP contribution in [0.15, 0.2) is 18.2 Å². The maximum absolute atomic E-state index is 13.5. The molecule has 1 fully saturated rings. The van der Waals surface area contributed by atoms with E-state index in [2.05, 4.69) is 20.8 Å². The van der Waals surface area contributed by atoms with Crippen molar-refractivity contribution in [1.29, 1.82) is 0 Å². The van der Waals surface area contributed by atoms with Crippen molar-refractivity contribution in [3.63, 3.8) is 0 Å². The summed E-state index contributed by atoms with van der Waals surface area (Å²) in [7, 11) is 0. The van der Waals surface area contributed by atoms with Gasteiger partial charge in [0.2, 0.25) is 0 Å². The third-order valence-electron chi connectivity index (χ3n) is 3.30. The molecule has 1 unspecified atom stereocenters. The monoisotopic (exact) mass is 303 g/mol.